The van der Waals surface area contributed by atoms with Gasteiger partial charge in [0, 0.05) is 6.92 Å². The summed E-state index contributed by atoms with van der Waals surface area (Å²) in [5.74, 6) is -0.777. The maximum atomic E-state index is 10.8. The molecule has 0 saturated carbocycles. The van der Waals surface area contributed by atoms with Crippen molar-refractivity contribution in [2.24, 2.45) is 0 Å². The minimum absolute atomic E-state index is 0.777. The van der Waals surface area contributed by atoms with Crippen LogP contribution in [0.5, 0.6) is 0 Å². The van der Waals surface area contributed by atoms with Gasteiger partial charge in [-0.25, -0.2) is 14.0 Å². The highest BCUT2D eigenvalue weighted by Crippen LogP contribution is 2.43. The molecule has 66 valence electrons. The highest BCUT2D eigenvalue weighted by molar-refractivity contribution is 7.50. The lowest BCUT2D eigenvalue weighted by molar-refractivity contribution is -0.217. The summed E-state index contributed by atoms with van der Waals surface area (Å²) < 4.78 is 15.7. The van der Waals surface area contributed by atoms with Crippen molar-refractivity contribution in [1.29, 1.82) is 0 Å². The minimum Gasteiger partial charge on any atom is -0.310 e. The van der Waals surface area contributed by atoms with E-state index in [4.69, 9.17) is 4.89 Å². The van der Waals surface area contributed by atoms with E-state index in [1.165, 1.54) is 14.1 Å². The number of hydrogen-bond donors (Lipinski definition) is 1. The molecular weight excluding hydrogens is 173 g/mol. The van der Waals surface area contributed by atoms with Crippen LogP contribution in [-0.4, -0.2) is 29.6 Å². The van der Waals surface area contributed by atoms with Crippen LogP contribution in [0.4, 0.5) is 0 Å². The first-order valence-electron chi connectivity index (χ1n) is 2.73. The van der Waals surface area contributed by atoms with Gasteiger partial charge in [0.05, 0.1) is 0 Å². The lowest BCUT2D eigenvalue weighted by atomic mass is 10.9. The highest BCUT2D eigenvalue weighted by Gasteiger charge is 2.25. The molecule has 11 heavy (non-hydrogen) atoms. The Balaban J connectivity index is 3.93. The summed E-state index contributed by atoms with van der Waals surface area (Å²) >= 11 is 0. The van der Waals surface area contributed by atoms with Gasteiger partial charge < -0.3 is 4.89 Å². The Bertz CT molecular complexity index is 191. The van der Waals surface area contributed by atoms with Crippen molar-refractivity contribution < 1.29 is 23.8 Å². The molecule has 6 nitrogen and oxygen atoms in total. The molecule has 0 aliphatic rings. The third-order valence-corrected chi connectivity index (χ3v) is 2.04. The molecule has 0 heterocycles. The smallest absolute Gasteiger partial charge is 0.310 e. The number of hydrogen-bond acceptors (Lipinski definition) is 4. The molecule has 0 spiro atoms. The summed E-state index contributed by atoms with van der Waals surface area (Å²) in [6.45, 7) is 1.07. The van der Waals surface area contributed by atoms with E-state index < -0.39 is 13.7 Å². The second-order valence-electron chi connectivity index (χ2n) is 1.99. The van der Waals surface area contributed by atoms with E-state index in [9.17, 15) is 9.36 Å². The van der Waals surface area contributed by atoms with Crippen molar-refractivity contribution in [3.63, 3.8) is 0 Å². The molecular formula is C4H10NO5P. The Morgan fingerprint density at radius 1 is 1.55 bits per heavy atom. The van der Waals surface area contributed by atoms with Gasteiger partial charge in [0.25, 0.3) is 0 Å². The zero-order chi connectivity index (χ0) is 9.07. The molecule has 0 aromatic rings. The van der Waals surface area contributed by atoms with Crippen LogP contribution in [0.15, 0.2) is 0 Å². The third-order valence-electron chi connectivity index (χ3n) is 0.757. The molecule has 0 aliphatic heterocycles. The molecule has 1 atom stereocenters. The second-order valence-corrected chi connectivity index (χ2v) is 3.92. The van der Waals surface area contributed by atoms with Gasteiger partial charge in [0.15, 0.2) is 0 Å². The van der Waals surface area contributed by atoms with Crippen LogP contribution in [0.2, 0.25) is 0 Å². The minimum atomic E-state index is -3.93. The summed E-state index contributed by atoms with van der Waals surface area (Å²) in [7, 11) is -1.28. The summed E-state index contributed by atoms with van der Waals surface area (Å²) in [5.41, 5.74) is 0. The number of nitrogens with zero attached hydrogens (tertiary/aromatic N) is 1. The maximum Gasteiger partial charge on any atom is 0.441 e. The monoisotopic (exact) mass is 183 g/mol. The molecule has 0 aromatic carbocycles. The van der Waals surface area contributed by atoms with Gasteiger partial charge in [-0.3, -0.25) is 4.89 Å². The van der Waals surface area contributed by atoms with Gasteiger partial charge in [-0.15, -0.1) is 0 Å². The van der Waals surface area contributed by atoms with Gasteiger partial charge in [0.2, 0.25) is 0 Å². The SMILES string of the molecule is CC(=O)OOP(=O)(O)N(C)C. The first kappa shape index (κ1) is 10.6. The molecule has 0 bridgehead atoms. The van der Waals surface area contributed by atoms with Gasteiger partial charge in [-0.2, -0.15) is 0 Å². The van der Waals surface area contributed by atoms with Crippen molar-refractivity contribution in [1.82, 2.24) is 4.67 Å². The van der Waals surface area contributed by atoms with Crippen LogP contribution in [0.25, 0.3) is 0 Å². The average molecular weight is 183 g/mol. The fourth-order valence-electron chi connectivity index (χ4n) is 0.168. The van der Waals surface area contributed by atoms with Crippen molar-refractivity contribution in [3.05, 3.63) is 0 Å². The van der Waals surface area contributed by atoms with E-state index >= 15 is 0 Å². The largest absolute Gasteiger partial charge is 0.441 e. The zero-order valence-electron chi connectivity index (χ0n) is 6.47. The van der Waals surface area contributed by atoms with Crippen LogP contribution < -0.4 is 0 Å². The third kappa shape index (κ3) is 4.10. The maximum absolute atomic E-state index is 10.8. The summed E-state index contributed by atoms with van der Waals surface area (Å²) in [6, 6.07) is 0. The standard InChI is InChI=1S/C4H10NO5P/c1-4(6)9-10-11(7,8)5(2)3/h1-3H3,(H,7,8). The van der Waals surface area contributed by atoms with Crippen LogP contribution in [0, 0.1) is 0 Å². The molecule has 7 heteroatoms. The summed E-state index contributed by atoms with van der Waals surface area (Å²) in [4.78, 5) is 22.8. The molecule has 0 amide bonds. The summed E-state index contributed by atoms with van der Waals surface area (Å²) in [6.07, 6.45) is 0. The van der Waals surface area contributed by atoms with Crippen LogP contribution in [0.1, 0.15) is 6.92 Å². The van der Waals surface area contributed by atoms with E-state index in [1.54, 1.807) is 0 Å². The normalized spacial score (nSPS) is 16.1. The Kier molecular flexibility index (Phi) is 3.68. The lowest BCUT2D eigenvalue weighted by Crippen LogP contribution is -2.11. The van der Waals surface area contributed by atoms with Crippen LogP contribution in [0.3, 0.4) is 0 Å². The van der Waals surface area contributed by atoms with E-state index in [0.29, 0.717) is 0 Å². The molecule has 0 rings (SSSR count). The van der Waals surface area contributed by atoms with Crippen molar-refractivity contribution in [2.75, 3.05) is 14.1 Å². The Labute approximate surface area is 64.2 Å². The van der Waals surface area contributed by atoms with Crippen LogP contribution in [-0.2, 0) is 18.9 Å². The number of carbonyl (C=O) groups is 1. The fraction of sp³-hybridized carbons (Fsp3) is 0.750. The predicted molar refractivity (Wildman–Crippen MR) is 36.4 cm³/mol. The van der Waals surface area contributed by atoms with Crippen LogP contribution >= 0.6 is 7.75 Å². The van der Waals surface area contributed by atoms with E-state index in [1.807, 2.05) is 0 Å². The van der Waals surface area contributed by atoms with E-state index in [2.05, 4.69) is 9.56 Å². The van der Waals surface area contributed by atoms with Gasteiger partial charge in [-0.05, 0) is 14.1 Å². The van der Waals surface area contributed by atoms with Gasteiger partial charge in [0.1, 0.15) is 0 Å². The Morgan fingerprint density at radius 2 is 2.00 bits per heavy atom. The van der Waals surface area contributed by atoms with Crippen molar-refractivity contribution in [2.45, 2.75) is 6.92 Å². The van der Waals surface area contributed by atoms with Gasteiger partial charge in [-0.1, -0.05) is 4.67 Å². The van der Waals surface area contributed by atoms with Crippen molar-refractivity contribution in [3.8, 4) is 0 Å². The van der Waals surface area contributed by atoms with Crippen molar-refractivity contribution >= 4 is 13.7 Å². The summed E-state index contributed by atoms with van der Waals surface area (Å²) in [5, 5.41) is 0. The fourth-order valence-corrected chi connectivity index (χ4v) is 0.503. The van der Waals surface area contributed by atoms with E-state index in [0.717, 1.165) is 11.6 Å². The molecule has 0 aromatic heterocycles. The first-order chi connectivity index (χ1) is 4.86. The molecule has 1 unspecified atom stereocenters. The number of carbonyl (C=O) groups excluding carboxylic acids is 1. The molecule has 0 fully saturated rings. The topological polar surface area (TPSA) is 76.1 Å². The Hall–Kier alpha value is -0.420. The molecule has 1 N–H and O–H groups in total. The molecule has 0 aliphatic carbocycles. The number of rotatable bonds is 3. The Morgan fingerprint density at radius 3 is 2.27 bits per heavy atom. The molecule has 0 saturated heterocycles. The lowest BCUT2D eigenvalue weighted by Gasteiger charge is -2.14. The average Bonchev–Trinajstić information content (AvgIpc) is 1.84. The van der Waals surface area contributed by atoms with Gasteiger partial charge >= 0.3 is 13.7 Å². The zero-order valence-corrected chi connectivity index (χ0v) is 7.37. The quantitative estimate of drug-likeness (QED) is 0.381. The second kappa shape index (κ2) is 3.82. The van der Waals surface area contributed by atoms with E-state index in [-0.39, 0.29) is 0 Å². The molecule has 0 radical (unpaired) electrons. The predicted octanol–water partition coefficient (Wildman–Crippen LogP) is 0.143. The first-order valence-corrected chi connectivity index (χ1v) is 4.26. The highest BCUT2D eigenvalue weighted by atomic mass is 31.2.